The Balaban J connectivity index is 1.82. The van der Waals surface area contributed by atoms with E-state index in [4.69, 9.17) is 9.84 Å². The van der Waals surface area contributed by atoms with Crippen molar-refractivity contribution in [1.29, 1.82) is 0 Å². The van der Waals surface area contributed by atoms with E-state index in [9.17, 15) is 4.79 Å². The Morgan fingerprint density at radius 3 is 2.89 bits per heavy atom. The van der Waals surface area contributed by atoms with E-state index in [0.29, 0.717) is 6.42 Å². The van der Waals surface area contributed by atoms with Gasteiger partial charge in [-0.25, -0.2) is 0 Å². The summed E-state index contributed by atoms with van der Waals surface area (Å²) < 4.78 is 5.71. The Morgan fingerprint density at radius 1 is 1.39 bits per heavy atom. The van der Waals surface area contributed by atoms with Crippen molar-refractivity contribution in [3.63, 3.8) is 0 Å². The molecule has 0 saturated carbocycles. The number of aliphatic carboxylic acids is 1. The van der Waals surface area contributed by atoms with E-state index in [1.165, 1.54) is 5.56 Å². The highest BCUT2D eigenvalue weighted by atomic mass is 16.5. The van der Waals surface area contributed by atoms with Gasteiger partial charge in [0.25, 0.3) is 0 Å². The summed E-state index contributed by atoms with van der Waals surface area (Å²) in [5.74, 6) is -0.727. The fourth-order valence-electron chi connectivity index (χ4n) is 2.25. The minimum absolute atomic E-state index is 0.0983. The summed E-state index contributed by atoms with van der Waals surface area (Å²) in [7, 11) is 0. The van der Waals surface area contributed by atoms with Crippen molar-refractivity contribution >= 4 is 5.97 Å². The van der Waals surface area contributed by atoms with Gasteiger partial charge in [0.15, 0.2) is 0 Å². The number of rotatable bonds is 6. The summed E-state index contributed by atoms with van der Waals surface area (Å²) in [6.07, 6.45) is 1.88. The molecular formula is C14H19NO3. The maximum Gasteiger partial charge on any atom is 0.303 e. The molecule has 1 atom stereocenters. The summed E-state index contributed by atoms with van der Waals surface area (Å²) in [6.45, 7) is 2.44. The highest BCUT2D eigenvalue weighted by Gasteiger charge is 2.24. The molecule has 0 bridgehead atoms. The first-order chi connectivity index (χ1) is 8.75. The number of benzene rings is 1. The van der Waals surface area contributed by atoms with Crippen LogP contribution in [0.2, 0.25) is 0 Å². The Kier molecular flexibility index (Phi) is 4.73. The van der Waals surface area contributed by atoms with Crippen molar-refractivity contribution < 1.29 is 14.6 Å². The van der Waals surface area contributed by atoms with E-state index >= 15 is 0 Å². The van der Waals surface area contributed by atoms with Crippen LogP contribution in [0.5, 0.6) is 0 Å². The molecule has 1 heterocycles. The molecule has 0 radical (unpaired) electrons. The van der Waals surface area contributed by atoms with Crippen LogP contribution in [0.15, 0.2) is 30.3 Å². The molecule has 98 valence electrons. The third kappa shape index (κ3) is 3.82. The largest absolute Gasteiger partial charge is 0.481 e. The van der Waals surface area contributed by atoms with Gasteiger partial charge >= 0.3 is 5.97 Å². The molecule has 1 aromatic carbocycles. The van der Waals surface area contributed by atoms with Crippen molar-refractivity contribution in [1.82, 2.24) is 4.90 Å². The van der Waals surface area contributed by atoms with E-state index in [2.05, 4.69) is 17.0 Å². The minimum Gasteiger partial charge on any atom is -0.481 e. The molecule has 1 aromatic rings. The molecule has 0 amide bonds. The molecule has 18 heavy (non-hydrogen) atoms. The number of hydrogen-bond donors (Lipinski definition) is 1. The lowest BCUT2D eigenvalue weighted by Crippen LogP contribution is -2.33. The van der Waals surface area contributed by atoms with Crippen LogP contribution in [-0.4, -0.2) is 41.9 Å². The lowest BCUT2D eigenvalue weighted by molar-refractivity contribution is -0.137. The van der Waals surface area contributed by atoms with Gasteiger partial charge < -0.3 is 9.84 Å². The highest BCUT2D eigenvalue weighted by Crippen LogP contribution is 2.16. The number of carbonyl (C=O) groups is 1. The van der Waals surface area contributed by atoms with Crippen LogP contribution in [0.3, 0.4) is 0 Å². The predicted molar refractivity (Wildman–Crippen MR) is 68.3 cm³/mol. The maximum absolute atomic E-state index is 10.5. The second-order valence-electron chi connectivity index (χ2n) is 4.55. The fourth-order valence-corrected chi connectivity index (χ4v) is 2.25. The third-order valence-electron chi connectivity index (χ3n) is 3.19. The molecule has 1 N–H and O–H groups in total. The molecule has 1 aliphatic heterocycles. The molecule has 0 aromatic heterocycles. The summed E-state index contributed by atoms with van der Waals surface area (Å²) in [6, 6.07) is 10.2. The molecule has 0 aliphatic carbocycles. The summed E-state index contributed by atoms with van der Waals surface area (Å²) in [4.78, 5) is 12.7. The molecule has 4 heteroatoms. The first kappa shape index (κ1) is 13.1. The zero-order valence-electron chi connectivity index (χ0n) is 10.4. The van der Waals surface area contributed by atoms with Gasteiger partial charge in [-0.05, 0) is 12.0 Å². The zero-order chi connectivity index (χ0) is 12.8. The van der Waals surface area contributed by atoms with Crippen molar-refractivity contribution in [2.45, 2.75) is 25.5 Å². The fraction of sp³-hybridized carbons (Fsp3) is 0.500. The van der Waals surface area contributed by atoms with Crippen LogP contribution in [0, 0.1) is 0 Å². The van der Waals surface area contributed by atoms with Crippen LogP contribution in [0.1, 0.15) is 18.4 Å². The van der Waals surface area contributed by atoms with E-state index in [-0.39, 0.29) is 12.6 Å². The number of carboxylic acid groups (broad SMARTS) is 1. The second kappa shape index (κ2) is 6.52. The van der Waals surface area contributed by atoms with E-state index in [1.807, 2.05) is 18.2 Å². The Morgan fingerprint density at radius 2 is 2.17 bits per heavy atom. The SMILES string of the molecule is O=C(O)CCCN1CCOC1Cc1ccccc1. The van der Waals surface area contributed by atoms with Gasteiger partial charge in [0.05, 0.1) is 6.61 Å². The van der Waals surface area contributed by atoms with Crippen molar-refractivity contribution in [2.75, 3.05) is 19.7 Å². The number of hydrogen-bond acceptors (Lipinski definition) is 3. The van der Waals surface area contributed by atoms with Crippen LogP contribution < -0.4 is 0 Å². The monoisotopic (exact) mass is 249 g/mol. The molecule has 0 spiro atoms. The van der Waals surface area contributed by atoms with Crippen molar-refractivity contribution in [3.05, 3.63) is 35.9 Å². The van der Waals surface area contributed by atoms with Gasteiger partial charge in [0.1, 0.15) is 6.23 Å². The smallest absolute Gasteiger partial charge is 0.303 e. The molecule has 1 saturated heterocycles. The number of nitrogens with zero attached hydrogens (tertiary/aromatic N) is 1. The quantitative estimate of drug-likeness (QED) is 0.834. The van der Waals surface area contributed by atoms with Gasteiger partial charge in [-0.3, -0.25) is 9.69 Å². The molecule has 4 nitrogen and oxygen atoms in total. The lowest BCUT2D eigenvalue weighted by Gasteiger charge is -2.22. The average Bonchev–Trinajstić information content (AvgIpc) is 2.78. The Bertz CT molecular complexity index is 380. The van der Waals surface area contributed by atoms with Gasteiger partial charge in [-0.1, -0.05) is 30.3 Å². The molecular weight excluding hydrogens is 230 g/mol. The molecule has 1 fully saturated rings. The molecule has 2 rings (SSSR count). The lowest BCUT2D eigenvalue weighted by atomic mass is 10.1. The van der Waals surface area contributed by atoms with Crippen molar-refractivity contribution in [3.8, 4) is 0 Å². The average molecular weight is 249 g/mol. The van der Waals surface area contributed by atoms with E-state index < -0.39 is 5.97 Å². The third-order valence-corrected chi connectivity index (χ3v) is 3.19. The van der Waals surface area contributed by atoms with E-state index in [1.54, 1.807) is 0 Å². The first-order valence-corrected chi connectivity index (χ1v) is 6.37. The topological polar surface area (TPSA) is 49.8 Å². The first-order valence-electron chi connectivity index (χ1n) is 6.37. The number of ether oxygens (including phenoxy) is 1. The normalized spacial score (nSPS) is 20.1. The van der Waals surface area contributed by atoms with Crippen LogP contribution >= 0.6 is 0 Å². The van der Waals surface area contributed by atoms with Gasteiger partial charge in [0, 0.05) is 25.9 Å². The van der Waals surface area contributed by atoms with Crippen LogP contribution in [0.4, 0.5) is 0 Å². The Labute approximate surface area is 107 Å². The van der Waals surface area contributed by atoms with Gasteiger partial charge in [-0.2, -0.15) is 0 Å². The molecule has 1 aliphatic rings. The molecule has 1 unspecified atom stereocenters. The minimum atomic E-state index is -0.727. The standard InChI is InChI=1S/C14H19NO3/c16-14(17)7-4-8-15-9-10-18-13(15)11-12-5-2-1-3-6-12/h1-3,5-6,13H,4,7-11H2,(H,16,17). The number of carboxylic acids is 1. The summed E-state index contributed by atoms with van der Waals surface area (Å²) in [5.41, 5.74) is 1.26. The Hall–Kier alpha value is -1.39. The van der Waals surface area contributed by atoms with E-state index in [0.717, 1.165) is 26.1 Å². The van der Waals surface area contributed by atoms with Crippen LogP contribution in [0.25, 0.3) is 0 Å². The summed E-state index contributed by atoms with van der Waals surface area (Å²) in [5, 5.41) is 8.64. The van der Waals surface area contributed by atoms with Gasteiger partial charge in [-0.15, -0.1) is 0 Å². The highest BCUT2D eigenvalue weighted by molar-refractivity contribution is 5.66. The predicted octanol–water partition coefficient (Wildman–Crippen LogP) is 1.75. The summed E-state index contributed by atoms with van der Waals surface area (Å²) >= 11 is 0. The van der Waals surface area contributed by atoms with Crippen LogP contribution in [-0.2, 0) is 16.0 Å². The zero-order valence-corrected chi connectivity index (χ0v) is 10.4. The van der Waals surface area contributed by atoms with Gasteiger partial charge in [0.2, 0.25) is 0 Å². The second-order valence-corrected chi connectivity index (χ2v) is 4.55. The van der Waals surface area contributed by atoms with Crippen molar-refractivity contribution in [2.24, 2.45) is 0 Å². The maximum atomic E-state index is 10.5.